The van der Waals surface area contributed by atoms with E-state index in [9.17, 15) is 0 Å². The Morgan fingerprint density at radius 2 is 1.32 bits per heavy atom. The van der Waals surface area contributed by atoms with Gasteiger partial charge in [-0.3, -0.25) is 0 Å². The van der Waals surface area contributed by atoms with Gasteiger partial charge in [0.1, 0.15) is 0 Å². The molecule has 0 atom stereocenters. The van der Waals surface area contributed by atoms with Crippen molar-refractivity contribution in [1.29, 1.82) is 0 Å². The van der Waals surface area contributed by atoms with Crippen molar-refractivity contribution in [3.8, 4) is 22.6 Å². The first-order valence-electron chi connectivity index (χ1n) is 10.1. The van der Waals surface area contributed by atoms with Crippen LogP contribution in [0.3, 0.4) is 0 Å². The van der Waals surface area contributed by atoms with Crippen LogP contribution >= 0.6 is 0 Å². The molecule has 0 radical (unpaired) electrons. The number of aromatic nitrogens is 2. The van der Waals surface area contributed by atoms with Gasteiger partial charge in [0, 0.05) is 0 Å². The number of hydrogen-bond donors (Lipinski definition) is 0. The van der Waals surface area contributed by atoms with Gasteiger partial charge in [-0.15, -0.1) is 0 Å². The molecule has 4 aromatic carbocycles. The number of aliphatic imine (C=N–C) groups is 1. The standard InChI is InChI=1S/C27H17IN3/c1-2-9-18(10-3-1)25-21-13-4-6-15-23(21)30-27(31-25)20-12-8-11-19(17-20)26-28-22-14-5-7-16-24(22)29-26/h1-17H/q-1. The van der Waals surface area contributed by atoms with Crippen LogP contribution in [-0.2, 0) is 0 Å². The van der Waals surface area contributed by atoms with Gasteiger partial charge < -0.3 is 0 Å². The number of benzene rings is 4. The fourth-order valence-electron chi connectivity index (χ4n) is 3.77. The molecule has 3 nitrogen and oxygen atoms in total. The van der Waals surface area contributed by atoms with Crippen LogP contribution in [0, 0.1) is 3.57 Å². The van der Waals surface area contributed by atoms with E-state index in [1.807, 2.05) is 30.3 Å². The molecule has 0 aliphatic carbocycles. The molecule has 0 bridgehead atoms. The van der Waals surface area contributed by atoms with Crippen molar-refractivity contribution >= 4 is 20.3 Å². The number of hydrogen-bond acceptors (Lipinski definition) is 3. The molecular weight excluding hydrogens is 493 g/mol. The van der Waals surface area contributed by atoms with Crippen LogP contribution in [0.25, 0.3) is 33.5 Å². The molecule has 0 saturated carbocycles. The molecule has 6 rings (SSSR count). The fourth-order valence-corrected chi connectivity index (χ4v) is 6.32. The van der Waals surface area contributed by atoms with E-state index in [-0.39, 0.29) is 21.2 Å². The molecular formula is C27H17IN3-. The third-order valence-electron chi connectivity index (χ3n) is 5.27. The van der Waals surface area contributed by atoms with Crippen molar-refractivity contribution in [3.63, 3.8) is 0 Å². The van der Waals surface area contributed by atoms with Gasteiger partial charge in [0.25, 0.3) is 0 Å². The number of para-hydroxylation sites is 2. The number of rotatable bonds is 3. The Hall–Kier alpha value is -3.38. The quantitative estimate of drug-likeness (QED) is 0.350. The zero-order chi connectivity index (χ0) is 20.6. The average Bonchev–Trinajstić information content (AvgIpc) is 3.28. The first-order chi connectivity index (χ1) is 15.3. The van der Waals surface area contributed by atoms with Gasteiger partial charge in [0.15, 0.2) is 0 Å². The maximum absolute atomic E-state index is 5.01. The summed E-state index contributed by atoms with van der Waals surface area (Å²) in [5.41, 5.74) is 6.31. The fraction of sp³-hybridized carbons (Fsp3) is 0. The molecule has 0 amide bonds. The van der Waals surface area contributed by atoms with Gasteiger partial charge in [-0.1, -0.05) is 0 Å². The number of halogens is 1. The minimum absolute atomic E-state index is 0.268. The van der Waals surface area contributed by atoms with Crippen LogP contribution < -0.4 is 21.2 Å². The van der Waals surface area contributed by atoms with Crippen LogP contribution in [0.4, 0.5) is 5.69 Å². The van der Waals surface area contributed by atoms with Crippen molar-refractivity contribution < 1.29 is 21.2 Å². The molecule has 1 aliphatic rings. The third-order valence-corrected chi connectivity index (χ3v) is 8.14. The summed E-state index contributed by atoms with van der Waals surface area (Å²) in [5, 5.41) is 1.06. The SMILES string of the molecule is c1ccc(-c2nc(-c3cccc(C4=Nc5ccccc5[I-]4)c3)nc3ccccc23)cc1. The molecule has 31 heavy (non-hydrogen) atoms. The summed E-state index contributed by atoms with van der Waals surface area (Å²) >= 11 is -0.268. The zero-order valence-corrected chi connectivity index (χ0v) is 18.7. The topological polar surface area (TPSA) is 38.1 Å². The summed E-state index contributed by atoms with van der Waals surface area (Å²) in [7, 11) is 0. The molecule has 4 heteroatoms. The van der Waals surface area contributed by atoms with E-state index in [4.69, 9.17) is 15.0 Å². The maximum atomic E-state index is 5.01. The normalized spacial score (nSPS) is 12.8. The summed E-state index contributed by atoms with van der Waals surface area (Å²) in [6, 6.07) is 35.5. The van der Waals surface area contributed by atoms with Gasteiger partial charge in [-0.05, 0) is 0 Å². The van der Waals surface area contributed by atoms with Crippen LogP contribution in [0.2, 0.25) is 0 Å². The predicted octanol–water partition coefficient (Wildman–Crippen LogP) is 3.31. The zero-order valence-electron chi connectivity index (χ0n) is 16.5. The van der Waals surface area contributed by atoms with Crippen molar-refractivity contribution in [2.24, 2.45) is 4.99 Å². The van der Waals surface area contributed by atoms with E-state index in [0.717, 1.165) is 39.2 Å². The second kappa shape index (κ2) is 7.71. The van der Waals surface area contributed by atoms with E-state index < -0.39 is 0 Å². The molecule has 1 aromatic heterocycles. The summed E-state index contributed by atoms with van der Waals surface area (Å²) in [5.74, 6) is 0.744. The molecule has 1 aliphatic heterocycles. The Morgan fingerprint density at radius 1 is 0.581 bits per heavy atom. The minimum atomic E-state index is -0.268. The number of nitrogens with zero attached hydrogens (tertiary/aromatic N) is 3. The van der Waals surface area contributed by atoms with Crippen molar-refractivity contribution in [2.75, 3.05) is 0 Å². The molecule has 2 heterocycles. The Balaban J connectivity index is 1.47. The molecule has 148 valence electrons. The molecule has 0 spiro atoms. The molecule has 0 fully saturated rings. The average molecular weight is 510 g/mol. The van der Waals surface area contributed by atoms with Crippen molar-refractivity contribution in [2.45, 2.75) is 0 Å². The van der Waals surface area contributed by atoms with Crippen molar-refractivity contribution in [3.05, 3.63) is 112 Å². The summed E-state index contributed by atoms with van der Waals surface area (Å²) in [6.45, 7) is 0. The van der Waals surface area contributed by atoms with Crippen LogP contribution in [0.1, 0.15) is 5.56 Å². The van der Waals surface area contributed by atoms with Crippen LogP contribution in [-0.4, -0.2) is 13.7 Å². The molecule has 0 unspecified atom stereocenters. The van der Waals surface area contributed by atoms with Crippen LogP contribution in [0.5, 0.6) is 0 Å². The van der Waals surface area contributed by atoms with E-state index >= 15 is 0 Å². The summed E-state index contributed by atoms with van der Waals surface area (Å²) < 4.78 is 2.58. The summed E-state index contributed by atoms with van der Waals surface area (Å²) in [4.78, 5) is 14.8. The second-order valence-electron chi connectivity index (χ2n) is 7.31. The second-order valence-corrected chi connectivity index (χ2v) is 10.0. The van der Waals surface area contributed by atoms with Crippen molar-refractivity contribution in [1.82, 2.24) is 9.97 Å². The number of fused-ring (bicyclic) bond motifs is 2. The Labute approximate surface area is 190 Å². The Kier molecular flexibility index (Phi) is 4.57. The Bertz CT molecular complexity index is 1460. The first kappa shape index (κ1) is 18.4. The first-order valence-corrected chi connectivity index (χ1v) is 12.3. The van der Waals surface area contributed by atoms with E-state index in [2.05, 4.69) is 72.8 Å². The predicted molar refractivity (Wildman–Crippen MR) is 122 cm³/mol. The van der Waals surface area contributed by atoms with Gasteiger partial charge in [-0.2, -0.15) is 0 Å². The monoisotopic (exact) mass is 510 g/mol. The Morgan fingerprint density at radius 3 is 2.23 bits per heavy atom. The third kappa shape index (κ3) is 3.43. The molecule has 0 N–H and O–H groups in total. The van der Waals surface area contributed by atoms with Gasteiger partial charge in [0.2, 0.25) is 0 Å². The molecule has 5 aromatic rings. The van der Waals surface area contributed by atoms with Gasteiger partial charge in [0.05, 0.1) is 0 Å². The van der Waals surface area contributed by atoms with E-state index in [0.29, 0.717) is 0 Å². The van der Waals surface area contributed by atoms with Gasteiger partial charge >= 0.3 is 191 Å². The van der Waals surface area contributed by atoms with Gasteiger partial charge in [-0.25, -0.2) is 0 Å². The summed E-state index contributed by atoms with van der Waals surface area (Å²) in [6.07, 6.45) is 0. The van der Waals surface area contributed by atoms with E-state index in [1.54, 1.807) is 0 Å². The molecule has 0 saturated heterocycles. The van der Waals surface area contributed by atoms with E-state index in [1.165, 1.54) is 12.9 Å². The van der Waals surface area contributed by atoms with Crippen LogP contribution in [0.15, 0.2) is 108 Å².